The van der Waals surface area contributed by atoms with Gasteiger partial charge >= 0.3 is 0 Å². The topological polar surface area (TPSA) is 77.3 Å². The van der Waals surface area contributed by atoms with Gasteiger partial charge in [0.1, 0.15) is 5.75 Å². The first kappa shape index (κ1) is 18.5. The molecule has 1 amide bonds. The van der Waals surface area contributed by atoms with Gasteiger partial charge < -0.3 is 14.2 Å². The zero-order chi connectivity index (χ0) is 20.7. The number of pyridine rings is 3. The Morgan fingerprint density at radius 3 is 2.73 bits per heavy atom. The van der Waals surface area contributed by atoms with Gasteiger partial charge in [0.05, 0.1) is 18.9 Å². The predicted molar refractivity (Wildman–Crippen MR) is 111 cm³/mol. The van der Waals surface area contributed by atoms with Gasteiger partial charge in [0, 0.05) is 61.5 Å². The zero-order valence-electron chi connectivity index (χ0n) is 16.7. The normalized spacial score (nSPS) is 19.8. The maximum absolute atomic E-state index is 13.2. The molecule has 0 aromatic carbocycles. The molecule has 5 heterocycles. The summed E-state index contributed by atoms with van der Waals surface area (Å²) in [6, 6.07) is 9.29. The van der Waals surface area contributed by atoms with Gasteiger partial charge in [-0.05, 0) is 36.1 Å². The van der Waals surface area contributed by atoms with Gasteiger partial charge in [-0.3, -0.25) is 19.6 Å². The van der Waals surface area contributed by atoms with Crippen molar-refractivity contribution >= 4 is 5.91 Å². The molecule has 1 fully saturated rings. The van der Waals surface area contributed by atoms with Crippen LogP contribution in [0.25, 0.3) is 11.1 Å². The number of fused-ring (bicyclic) bond motifs is 4. The molecule has 2 bridgehead atoms. The summed E-state index contributed by atoms with van der Waals surface area (Å²) in [5.41, 5.74) is 3.32. The van der Waals surface area contributed by atoms with Crippen molar-refractivity contribution in [2.75, 3.05) is 20.2 Å². The average molecular weight is 402 g/mol. The van der Waals surface area contributed by atoms with Crippen LogP contribution in [0, 0.1) is 5.92 Å². The van der Waals surface area contributed by atoms with Crippen molar-refractivity contribution in [3.8, 4) is 16.9 Å². The molecule has 3 aromatic rings. The molecular weight excluding hydrogens is 380 g/mol. The number of likely N-dealkylation sites (tertiary alicyclic amines) is 1. The van der Waals surface area contributed by atoms with E-state index in [0.29, 0.717) is 30.9 Å². The van der Waals surface area contributed by atoms with Crippen molar-refractivity contribution in [2.24, 2.45) is 5.92 Å². The van der Waals surface area contributed by atoms with E-state index in [1.165, 1.54) is 0 Å². The number of rotatable bonds is 3. The van der Waals surface area contributed by atoms with Crippen LogP contribution in [0.15, 0.2) is 59.9 Å². The van der Waals surface area contributed by atoms with Crippen molar-refractivity contribution in [3.05, 3.63) is 76.7 Å². The number of methoxy groups -OCH3 is 1. The molecule has 2 aliphatic rings. The quantitative estimate of drug-likeness (QED) is 0.673. The van der Waals surface area contributed by atoms with Crippen molar-refractivity contribution in [1.82, 2.24) is 19.4 Å². The monoisotopic (exact) mass is 402 g/mol. The van der Waals surface area contributed by atoms with Crippen LogP contribution in [0.2, 0.25) is 0 Å². The van der Waals surface area contributed by atoms with E-state index >= 15 is 0 Å². The molecule has 0 spiro atoms. The maximum atomic E-state index is 13.2. The fourth-order valence-electron chi connectivity index (χ4n) is 4.71. The van der Waals surface area contributed by atoms with E-state index in [-0.39, 0.29) is 23.3 Å². The lowest BCUT2D eigenvalue weighted by atomic mass is 9.82. The fraction of sp³-hybridized carbons (Fsp3) is 0.304. The Bertz CT molecular complexity index is 1160. The number of hydrogen-bond acceptors (Lipinski definition) is 5. The highest BCUT2D eigenvalue weighted by Crippen LogP contribution is 2.37. The first-order valence-electron chi connectivity index (χ1n) is 10.1. The number of ether oxygens (including phenoxy) is 1. The van der Waals surface area contributed by atoms with Crippen LogP contribution < -0.4 is 10.3 Å². The number of aromatic nitrogens is 3. The van der Waals surface area contributed by atoms with Gasteiger partial charge in [0.15, 0.2) is 0 Å². The SMILES string of the molecule is COc1cnccc1C(=O)N1C[C@@H]2C[C@H](C1)c1cc(-c3cccnc3)cc(=O)n1C2. The second-order valence-electron chi connectivity index (χ2n) is 7.94. The lowest BCUT2D eigenvalue weighted by Gasteiger charge is -2.43. The Labute approximate surface area is 174 Å². The van der Waals surface area contributed by atoms with Crippen LogP contribution in [-0.2, 0) is 6.54 Å². The molecule has 0 radical (unpaired) electrons. The Hall–Kier alpha value is -3.48. The minimum Gasteiger partial charge on any atom is -0.494 e. The van der Waals surface area contributed by atoms with E-state index in [4.69, 9.17) is 4.74 Å². The largest absolute Gasteiger partial charge is 0.494 e. The maximum Gasteiger partial charge on any atom is 0.257 e. The van der Waals surface area contributed by atoms with E-state index in [1.54, 1.807) is 44.0 Å². The molecule has 2 aliphatic heterocycles. The summed E-state index contributed by atoms with van der Waals surface area (Å²) in [7, 11) is 1.54. The third-order valence-corrected chi connectivity index (χ3v) is 6.07. The highest BCUT2D eigenvalue weighted by Gasteiger charge is 2.37. The van der Waals surface area contributed by atoms with Crippen molar-refractivity contribution in [2.45, 2.75) is 18.9 Å². The molecule has 3 aromatic heterocycles. The highest BCUT2D eigenvalue weighted by molar-refractivity contribution is 5.96. The molecule has 1 saturated heterocycles. The standard InChI is InChI=1S/C23H22N4O3/c1-30-21-11-25-6-4-19(21)23(29)26-12-15-7-18(14-26)20-8-17(9-22(28)27(20)13-15)16-3-2-5-24-10-16/h2-6,8-11,15,18H,7,12-14H2,1H3/t15-,18+/m0/s1. The van der Waals surface area contributed by atoms with E-state index in [1.807, 2.05) is 21.6 Å². The van der Waals surface area contributed by atoms with E-state index in [2.05, 4.69) is 16.0 Å². The molecule has 5 rings (SSSR count). The molecule has 2 atom stereocenters. The summed E-state index contributed by atoms with van der Waals surface area (Å²) in [6.45, 7) is 1.85. The molecule has 0 unspecified atom stereocenters. The van der Waals surface area contributed by atoms with Crippen LogP contribution in [0.3, 0.4) is 0 Å². The summed E-state index contributed by atoms with van der Waals surface area (Å²) < 4.78 is 7.21. The molecule has 7 heteroatoms. The van der Waals surface area contributed by atoms with Crippen LogP contribution in [0.1, 0.15) is 28.4 Å². The Balaban J connectivity index is 1.49. The molecular formula is C23H22N4O3. The van der Waals surface area contributed by atoms with Crippen molar-refractivity contribution in [1.29, 1.82) is 0 Å². The Morgan fingerprint density at radius 2 is 1.93 bits per heavy atom. The lowest BCUT2D eigenvalue weighted by Crippen LogP contribution is -2.49. The molecule has 0 aliphatic carbocycles. The summed E-state index contributed by atoms with van der Waals surface area (Å²) in [4.78, 5) is 36.2. The van der Waals surface area contributed by atoms with Crippen LogP contribution in [0.4, 0.5) is 0 Å². The van der Waals surface area contributed by atoms with Gasteiger partial charge in [-0.2, -0.15) is 0 Å². The van der Waals surface area contributed by atoms with Crippen molar-refractivity contribution in [3.63, 3.8) is 0 Å². The minimum atomic E-state index is -0.0526. The summed E-state index contributed by atoms with van der Waals surface area (Å²) in [6.07, 6.45) is 7.64. The summed E-state index contributed by atoms with van der Waals surface area (Å²) in [5, 5.41) is 0. The van der Waals surface area contributed by atoms with Gasteiger partial charge in [0.25, 0.3) is 11.5 Å². The second kappa shape index (κ2) is 7.40. The molecule has 0 saturated carbocycles. The lowest BCUT2D eigenvalue weighted by molar-refractivity contribution is 0.0591. The first-order valence-corrected chi connectivity index (χ1v) is 10.1. The van der Waals surface area contributed by atoms with Gasteiger partial charge in [-0.25, -0.2) is 0 Å². The predicted octanol–water partition coefficient (Wildman–Crippen LogP) is 2.57. The third-order valence-electron chi connectivity index (χ3n) is 6.07. The van der Waals surface area contributed by atoms with Gasteiger partial charge in [-0.15, -0.1) is 0 Å². The minimum absolute atomic E-state index is 0.0108. The molecule has 30 heavy (non-hydrogen) atoms. The Morgan fingerprint density at radius 1 is 1.07 bits per heavy atom. The van der Waals surface area contributed by atoms with Crippen molar-refractivity contribution < 1.29 is 9.53 Å². The molecule has 0 N–H and O–H groups in total. The van der Waals surface area contributed by atoms with Crippen LogP contribution in [0.5, 0.6) is 5.75 Å². The van der Waals surface area contributed by atoms with E-state index in [9.17, 15) is 9.59 Å². The van der Waals surface area contributed by atoms with E-state index in [0.717, 1.165) is 23.2 Å². The zero-order valence-corrected chi connectivity index (χ0v) is 16.7. The number of amides is 1. The van der Waals surface area contributed by atoms with Gasteiger partial charge in [-0.1, -0.05) is 6.07 Å². The first-order chi connectivity index (χ1) is 14.6. The highest BCUT2D eigenvalue weighted by atomic mass is 16.5. The number of carbonyl (C=O) groups excluding carboxylic acids is 1. The number of hydrogen-bond donors (Lipinski definition) is 0. The smallest absolute Gasteiger partial charge is 0.257 e. The van der Waals surface area contributed by atoms with Crippen LogP contribution in [-0.4, -0.2) is 45.5 Å². The number of nitrogens with zero attached hydrogens (tertiary/aromatic N) is 4. The summed E-state index contributed by atoms with van der Waals surface area (Å²) >= 11 is 0. The van der Waals surface area contributed by atoms with Crippen LogP contribution >= 0.6 is 0 Å². The third kappa shape index (κ3) is 3.16. The van der Waals surface area contributed by atoms with Gasteiger partial charge in [0.2, 0.25) is 0 Å². The summed E-state index contributed by atoms with van der Waals surface area (Å²) in [5.74, 6) is 0.811. The fourth-order valence-corrected chi connectivity index (χ4v) is 4.71. The second-order valence-corrected chi connectivity index (χ2v) is 7.94. The molecule has 152 valence electrons. The molecule has 7 nitrogen and oxygen atoms in total. The van der Waals surface area contributed by atoms with E-state index < -0.39 is 0 Å². The average Bonchev–Trinajstić information content (AvgIpc) is 2.79. The Kier molecular flexibility index (Phi) is 4.58. The number of piperidine rings is 1. The number of carbonyl (C=O) groups is 1.